The molecule has 1 heterocycles. The van der Waals surface area contributed by atoms with Gasteiger partial charge in [0, 0.05) is 33.6 Å². The molecule has 1 aliphatic heterocycles. The molecule has 2 aromatic carbocycles. The van der Waals surface area contributed by atoms with Gasteiger partial charge in [0.1, 0.15) is 5.25 Å². The lowest BCUT2D eigenvalue weighted by molar-refractivity contribution is -0.137. The number of nitrogens with zero attached hydrogens (tertiary/aromatic N) is 2. The third-order valence-corrected chi connectivity index (χ3v) is 8.32. The quantitative estimate of drug-likeness (QED) is 0.324. The first-order valence-corrected chi connectivity index (χ1v) is 12.3. The van der Waals surface area contributed by atoms with Crippen molar-refractivity contribution in [2.24, 2.45) is 0 Å². The molecule has 2 aromatic rings. The van der Waals surface area contributed by atoms with Gasteiger partial charge in [-0.1, -0.05) is 79.2 Å². The standard InChI is InChI=1S/C21H22Cl2N2OS3/c1-4-24(5-2)25-20(26)19(29-21(25)27)18(28-14-9-7-6-8-10-14)17-15(22)11-13(3)12-16(17)23/h6-12,18-19H,4-5H2,1-3H3. The molecule has 1 amide bonds. The first-order chi connectivity index (χ1) is 13.9. The minimum absolute atomic E-state index is 0.0233. The van der Waals surface area contributed by atoms with Crippen LogP contribution < -0.4 is 0 Å². The summed E-state index contributed by atoms with van der Waals surface area (Å²) in [6, 6.07) is 13.8. The maximum Gasteiger partial charge on any atom is 0.257 e. The Morgan fingerprint density at radius 1 is 1.17 bits per heavy atom. The number of carbonyl (C=O) groups is 1. The molecule has 0 aliphatic carbocycles. The molecule has 0 saturated carbocycles. The van der Waals surface area contributed by atoms with Crippen LogP contribution in [0.3, 0.4) is 0 Å². The van der Waals surface area contributed by atoms with Crippen LogP contribution in [-0.4, -0.2) is 38.6 Å². The Labute approximate surface area is 196 Å². The zero-order valence-electron chi connectivity index (χ0n) is 16.4. The van der Waals surface area contributed by atoms with E-state index >= 15 is 0 Å². The van der Waals surface area contributed by atoms with E-state index in [2.05, 4.69) is 0 Å². The van der Waals surface area contributed by atoms with Crippen LogP contribution in [0.15, 0.2) is 47.4 Å². The molecule has 3 rings (SSSR count). The van der Waals surface area contributed by atoms with E-state index in [0.717, 1.165) is 16.0 Å². The number of rotatable bonds is 7. The van der Waals surface area contributed by atoms with Crippen molar-refractivity contribution in [3.63, 3.8) is 0 Å². The Bertz CT molecular complexity index is 883. The molecule has 0 radical (unpaired) electrons. The van der Waals surface area contributed by atoms with Gasteiger partial charge >= 0.3 is 0 Å². The average molecular weight is 486 g/mol. The van der Waals surface area contributed by atoms with Gasteiger partial charge in [-0.05, 0) is 36.8 Å². The second kappa shape index (κ2) is 10.0. The number of benzene rings is 2. The smallest absolute Gasteiger partial charge is 0.257 e. The van der Waals surface area contributed by atoms with E-state index < -0.39 is 5.25 Å². The molecule has 0 N–H and O–H groups in total. The summed E-state index contributed by atoms with van der Waals surface area (Å²) in [6.07, 6.45) is 0. The molecule has 1 aliphatic rings. The van der Waals surface area contributed by atoms with Gasteiger partial charge in [-0.15, -0.1) is 11.8 Å². The molecular weight excluding hydrogens is 463 g/mol. The summed E-state index contributed by atoms with van der Waals surface area (Å²) >= 11 is 21.9. The highest BCUT2D eigenvalue weighted by molar-refractivity contribution is 8.24. The summed E-state index contributed by atoms with van der Waals surface area (Å²) in [5, 5.41) is 4.06. The first kappa shape index (κ1) is 22.9. The number of thioether (sulfide) groups is 2. The number of hydrogen-bond donors (Lipinski definition) is 0. The fraction of sp³-hybridized carbons (Fsp3) is 0.333. The second-order valence-electron chi connectivity index (χ2n) is 6.59. The highest BCUT2D eigenvalue weighted by atomic mass is 35.5. The lowest BCUT2D eigenvalue weighted by atomic mass is 10.1. The van der Waals surface area contributed by atoms with E-state index in [1.54, 1.807) is 16.8 Å². The highest BCUT2D eigenvalue weighted by Crippen LogP contribution is 2.50. The summed E-state index contributed by atoms with van der Waals surface area (Å²) in [7, 11) is 0. The van der Waals surface area contributed by atoms with Crippen LogP contribution in [0.4, 0.5) is 0 Å². The monoisotopic (exact) mass is 484 g/mol. The molecule has 2 atom stereocenters. The molecule has 1 fully saturated rings. The number of carbonyl (C=O) groups excluding carboxylic acids is 1. The van der Waals surface area contributed by atoms with Crippen LogP contribution in [0.25, 0.3) is 0 Å². The minimum Gasteiger partial charge on any atom is -0.272 e. The lowest BCUT2D eigenvalue weighted by Gasteiger charge is -2.29. The summed E-state index contributed by atoms with van der Waals surface area (Å²) < 4.78 is 0.571. The summed E-state index contributed by atoms with van der Waals surface area (Å²) in [6.45, 7) is 7.40. The van der Waals surface area contributed by atoms with Crippen LogP contribution in [0, 0.1) is 6.92 Å². The second-order valence-corrected chi connectivity index (χ2v) is 10.4. The Balaban J connectivity index is 2.05. The molecule has 2 unspecified atom stereocenters. The van der Waals surface area contributed by atoms with Crippen LogP contribution >= 0.6 is 58.9 Å². The fourth-order valence-corrected chi connectivity index (χ4v) is 7.29. The van der Waals surface area contributed by atoms with Crippen LogP contribution in [-0.2, 0) is 4.79 Å². The summed E-state index contributed by atoms with van der Waals surface area (Å²) in [4.78, 5) is 14.5. The minimum atomic E-state index is -0.411. The average Bonchev–Trinajstić information content (AvgIpc) is 2.97. The number of amides is 1. The third kappa shape index (κ3) is 4.94. The Hall–Kier alpha value is -0.760. The third-order valence-electron chi connectivity index (χ3n) is 4.65. The molecule has 8 heteroatoms. The molecule has 154 valence electrons. The zero-order valence-corrected chi connectivity index (χ0v) is 20.4. The Morgan fingerprint density at radius 2 is 1.76 bits per heavy atom. The Morgan fingerprint density at radius 3 is 2.31 bits per heavy atom. The van der Waals surface area contributed by atoms with E-state index in [9.17, 15) is 4.79 Å². The number of hydrazine groups is 1. The zero-order chi connectivity index (χ0) is 21.1. The molecule has 0 bridgehead atoms. The normalized spacial score (nSPS) is 18.0. The van der Waals surface area contributed by atoms with Gasteiger partial charge in [0.05, 0.1) is 5.25 Å². The van der Waals surface area contributed by atoms with Gasteiger partial charge in [-0.3, -0.25) is 4.79 Å². The number of halogens is 2. The summed E-state index contributed by atoms with van der Waals surface area (Å²) in [5.41, 5.74) is 1.76. The lowest BCUT2D eigenvalue weighted by Crippen LogP contribution is -2.46. The maximum atomic E-state index is 13.4. The van der Waals surface area contributed by atoms with E-state index in [0.29, 0.717) is 27.5 Å². The largest absolute Gasteiger partial charge is 0.272 e. The van der Waals surface area contributed by atoms with Gasteiger partial charge in [-0.25, -0.2) is 10.0 Å². The molecule has 1 saturated heterocycles. The van der Waals surface area contributed by atoms with Crippen molar-refractivity contribution in [2.75, 3.05) is 13.1 Å². The van der Waals surface area contributed by atoms with Crippen molar-refractivity contribution in [2.45, 2.75) is 36.2 Å². The van der Waals surface area contributed by atoms with Crippen molar-refractivity contribution in [1.29, 1.82) is 0 Å². The molecule has 0 aromatic heterocycles. The molecule has 3 nitrogen and oxygen atoms in total. The number of aryl methyl sites for hydroxylation is 1. The SMILES string of the molecule is CCN(CC)N1C(=O)C(C(Sc2ccccc2)c2c(Cl)cc(C)cc2Cl)SC1=S. The predicted octanol–water partition coefficient (Wildman–Crippen LogP) is 6.62. The van der Waals surface area contributed by atoms with Crippen LogP contribution in [0.1, 0.15) is 30.2 Å². The van der Waals surface area contributed by atoms with Crippen molar-refractivity contribution in [1.82, 2.24) is 10.0 Å². The topological polar surface area (TPSA) is 23.6 Å². The van der Waals surface area contributed by atoms with Crippen LogP contribution in [0.5, 0.6) is 0 Å². The van der Waals surface area contributed by atoms with Crippen molar-refractivity contribution < 1.29 is 4.79 Å². The van der Waals surface area contributed by atoms with Gasteiger partial charge in [0.25, 0.3) is 5.91 Å². The van der Waals surface area contributed by atoms with E-state index in [4.69, 9.17) is 35.4 Å². The highest BCUT2D eigenvalue weighted by Gasteiger charge is 2.45. The Kier molecular flexibility index (Phi) is 7.93. The van der Waals surface area contributed by atoms with E-state index in [1.165, 1.54) is 11.8 Å². The van der Waals surface area contributed by atoms with E-state index in [1.807, 2.05) is 68.2 Å². The van der Waals surface area contributed by atoms with Crippen molar-refractivity contribution in [3.8, 4) is 0 Å². The molecule has 0 spiro atoms. The molecular formula is C21H22Cl2N2OS3. The molecule has 29 heavy (non-hydrogen) atoms. The number of hydrogen-bond acceptors (Lipinski definition) is 5. The first-order valence-electron chi connectivity index (χ1n) is 9.34. The predicted molar refractivity (Wildman–Crippen MR) is 130 cm³/mol. The fourth-order valence-electron chi connectivity index (χ4n) is 3.27. The van der Waals surface area contributed by atoms with Gasteiger partial charge in [-0.2, -0.15) is 0 Å². The maximum absolute atomic E-state index is 13.4. The number of thiocarbonyl (C=S) groups is 1. The van der Waals surface area contributed by atoms with Crippen molar-refractivity contribution in [3.05, 3.63) is 63.6 Å². The van der Waals surface area contributed by atoms with E-state index in [-0.39, 0.29) is 11.2 Å². The summed E-state index contributed by atoms with van der Waals surface area (Å²) in [5.74, 6) is -0.0233. The van der Waals surface area contributed by atoms with Crippen LogP contribution in [0.2, 0.25) is 10.0 Å². The van der Waals surface area contributed by atoms with Crippen molar-refractivity contribution >= 4 is 69.2 Å². The van der Waals surface area contributed by atoms with Gasteiger partial charge in [0.15, 0.2) is 4.32 Å². The van der Waals surface area contributed by atoms with Gasteiger partial charge < -0.3 is 0 Å². The van der Waals surface area contributed by atoms with Gasteiger partial charge in [0.2, 0.25) is 0 Å².